The molecule has 104 valence electrons. The number of benzene rings is 1. The van der Waals surface area contributed by atoms with Gasteiger partial charge in [0, 0.05) is 5.56 Å². The summed E-state index contributed by atoms with van der Waals surface area (Å²) in [5.41, 5.74) is 0.397. The average Bonchev–Trinajstić information content (AvgIpc) is 2.39. The fourth-order valence-corrected chi connectivity index (χ4v) is 1.56. The van der Waals surface area contributed by atoms with Crippen LogP contribution >= 0.6 is 0 Å². The highest BCUT2D eigenvalue weighted by Gasteiger charge is 2.15. The van der Waals surface area contributed by atoms with E-state index in [0.717, 1.165) is 0 Å². The predicted molar refractivity (Wildman–Crippen MR) is 69.7 cm³/mol. The number of carbonyl (C=O) groups excluding carboxylic acids is 2. The van der Waals surface area contributed by atoms with Gasteiger partial charge in [-0.2, -0.15) is 0 Å². The van der Waals surface area contributed by atoms with Crippen LogP contribution in [0.3, 0.4) is 0 Å². The van der Waals surface area contributed by atoms with E-state index < -0.39 is 5.97 Å². The van der Waals surface area contributed by atoms with Gasteiger partial charge in [0.15, 0.2) is 17.3 Å². The van der Waals surface area contributed by atoms with Gasteiger partial charge < -0.3 is 14.2 Å². The van der Waals surface area contributed by atoms with E-state index in [0.29, 0.717) is 23.7 Å². The summed E-state index contributed by atoms with van der Waals surface area (Å²) in [6.07, 6.45) is -0.273. The summed E-state index contributed by atoms with van der Waals surface area (Å²) in [4.78, 5) is 23.1. The molecule has 0 N–H and O–H groups in total. The highest BCUT2D eigenvalue weighted by atomic mass is 16.5. The van der Waals surface area contributed by atoms with Crippen molar-refractivity contribution in [3.05, 3.63) is 23.8 Å². The molecule has 0 unspecified atom stereocenters. The molecule has 0 aliphatic rings. The maximum absolute atomic E-state index is 11.9. The van der Waals surface area contributed by atoms with Crippen molar-refractivity contribution in [1.82, 2.24) is 0 Å². The Bertz CT molecular complexity index is 453. The zero-order chi connectivity index (χ0) is 14.3. The molecule has 0 amide bonds. The van der Waals surface area contributed by atoms with E-state index in [-0.39, 0.29) is 18.8 Å². The Morgan fingerprint density at radius 3 is 2.42 bits per heavy atom. The van der Waals surface area contributed by atoms with Crippen LogP contribution in [0.25, 0.3) is 0 Å². The van der Waals surface area contributed by atoms with Crippen LogP contribution in [-0.2, 0) is 9.53 Å². The van der Waals surface area contributed by atoms with Crippen LogP contribution in [0.15, 0.2) is 18.2 Å². The number of ether oxygens (including phenoxy) is 3. The summed E-state index contributed by atoms with van der Waals surface area (Å²) in [6.45, 7) is 4.33. The van der Waals surface area contributed by atoms with Gasteiger partial charge in [0.05, 0.1) is 20.3 Å². The van der Waals surface area contributed by atoms with E-state index in [2.05, 4.69) is 0 Å². The maximum Gasteiger partial charge on any atom is 0.313 e. The van der Waals surface area contributed by atoms with Gasteiger partial charge in [0.1, 0.15) is 6.42 Å². The summed E-state index contributed by atoms with van der Waals surface area (Å²) in [6, 6.07) is 4.82. The SMILES string of the molecule is CCOC(=O)CC(=O)c1ccc(OCC)c(OC)c1. The lowest BCUT2D eigenvalue weighted by Gasteiger charge is -2.10. The van der Waals surface area contributed by atoms with E-state index in [1.165, 1.54) is 7.11 Å². The Kier molecular flexibility index (Phi) is 5.85. The van der Waals surface area contributed by atoms with Crippen molar-refractivity contribution >= 4 is 11.8 Å². The van der Waals surface area contributed by atoms with Crippen molar-refractivity contribution in [2.75, 3.05) is 20.3 Å². The first-order valence-corrected chi connectivity index (χ1v) is 6.12. The number of carbonyl (C=O) groups is 2. The number of hydrogen-bond donors (Lipinski definition) is 0. The molecule has 0 saturated heterocycles. The Hall–Kier alpha value is -2.04. The molecule has 19 heavy (non-hydrogen) atoms. The Morgan fingerprint density at radius 2 is 1.84 bits per heavy atom. The highest BCUT2D eigenvalue weighted by molar-refractivity contribution is 6.06. The minimum absolute atomic E-state index is 0.263. The van der Waals surface area contributed by atoms with Gasteiger partial charge in [0.25, 0.3) is 0 Å². The summed E-state index contributed by atoms with van der Waals surface area (Å²) in [7, 11) is 1.50. The van der Waals surface area contributed by atoms with Crippen LogP contribution in [0, 0.1) is 0 Å². The number of ketones is 1. The van der Waals surface area contributed by atoms with E-state index in [9.17, 15) is 9.59 Å². The molecule has 5 heteroatoms. The van der Waals surface area contributed by atoms with Gasteiger partial charge in [-0.3, -0.25) is 9.59 Å². The second-order valence-electron chi connectivity index (χ2n) is 3.70. The van der Waals surface area contributed by atoms with Gasteiger partial charge in [-0.15, -0.1) is 0 Å². The van der Waals surface area contributed by atoms with Crippen molar-refractivity contribution in [2.24, 2.45) is 0 Å². The highest BCUT2D eigenvalue weighted by Crippen LogP contribution is 2.28. The summed E-state index contributed by atoms with van der Waals surface area (Å²) < 4.78 is 15.2. The lowest BCUT2D eigenvalue weighted by Crippen LogP contribution is -2.11. The van der Waals surface area contributed by atoms with Crippen LogP contribution in [0.2, 0.25) is 0 Å². The standard InChI is InChI=1S/C14H18O5/c1-4-18-12-7-6-10(8-13(12)17-3)11(15)9-14(16)19-5-2/h6-8H,4-5,9H2,1-3H3. The quantitative estimate of drug-likeness (QED) is 0.430. The molecule has 0 bridgehead atoms. The first-order chi connectivity index (χ1) is 9.12. The zero-order valence-electron chi connectivity index (χ0n) is 11.4. The number of methoxy groups -OCH3 is 1. The van der Waals surface area contributed by atoms with Crippen molar-refractivity contribution in [3.63, 3.8) is 0 Å². The third kappa shape index (κ3) is 4.28. The monoisotopic (exact) mass is 266 g/mol. The van der Waals surface area contributed by atoms with Crippen LogP contribution < -0.4 is 9.47 Å². The van der Waals surface area contributed by atoms with E-state index in [4.69, 9.17) is 14.2 Å². The van der Waals surface area contributed by atoms with Crippen molar-refractivity contribution in [3.8, 4) is 11.5 Å². The number of Topliss-reactive ketones (excluding diaryl/α,β-unsaturated/α-hetero) is 1. The van der Waals surface area contributed by atoms with E-state index in [1.54, 1.807) is 25.1 Å². The molecule has 0 spiro atoms. The fourth-order valence-electron chi connectivity index (χ4n) is 1.56. The molecule has 0 fully saturated rings. The summed E-state index contributed by atoms with van der Waals surface area (Å²) >= 11 is 0. The van der Waals surface area contributed by atoms with Gasteiger partial charge in [-0.05, 0) is 32.0 Å². The Balaban J connectivity index is 2.83. The Labute approximate surface area is 112 Å². The smallest absolute Gasteiger partial charge is 0.313 e. The molecular weight excluding hydrogens is 248 g/mol. The molecule has 1 aromatic carbocycles. The average molecular weight is 266 g/mol. The number of esters is 1. The van der Waals surface area contributed by atoms with Gasteiger partial charge >= 0.3 is 5.97 Å². The molecule has 0 radical (unpaired) electrons. The van der Waals surface area contributed by atoms with E-state index >= 15 is 0 Å². The normalized spacial score (nSPS) is 9.84. The zero-order valence-corrected chi connectivity index (χ0v) is 11.4. The first kappa shape index (κ1) is 15.0. The molecule has 0 aliphatic carbocycles. The maximum atomic E-state index is 11.9. The molecule has 1 aromatic rings. The second-order valence-corrected chi connectivity index (χ2v) is 3.70. The molecule has 0 atom stereocenters. The van der Waals surface area contributed by atoms with E-state index in [1.807, 2.05) is 6.92 Å². The minimum atomic E-state index is -0.527. The topological polar surface area (TPSA) is 61.8 Å². The second kappa shape index (κ2) is 7.41. The molecule has 0 aliphatic heterocycles. The van der Waals surface area contributed by atoms with Gasteiger partial charge in [-0.25, -0.2) is 0 Å². The molecular formula is C14H18O5. The lowest BCUT2D eigenvalue weighted by atomic mass is 10.1. The Morgan fingerprint density at radius 1 is 1.11 bits per heavy atom. The third-order valence-corrected chi connectivity index (χ3v) is 2.40. The largest absolute Gasteiger partial charge is 0.493 e. The molecule has 5 nitrogen and oxygen atoms in total. The van der Waals surface area contributed by atoms with Crippen LogP contribution in [0.1, 0.15) is 30.6 Å². The molecule has 0 aromatic heterocycles. The third-order valence-electron chi connectivity index (χ3n) is 2.40. The summed E-state index contributed by atoms with van der Waals surface area (Å²) in [5, 5.41) is 0. The van der Waals surface area contributed by atoms with Gasteiger partial charge in [-0.1, -0.05) is 0 Å². The number of rotatable bonds is 7. The van der Waals surface area contributed by atoms with Crippen molar-refractivity contribution < 1.29 is 23.8 Å². The van der Waals surface area contributed by atoms with Crippen LogP contribution in [-0.4, -0.2) is 32.1 Å². The predicted octanol–water partition coefficient (Wildman–Crippen LogP) is 2.23. The minimum Gasteiger partial charge on any atom is -0.493 e. The first-order valence-electron chi connectivity index (χ1n) is 6.12. The molecule has 0 saturated carbocycles. The van der Waals surface area contributed by atoms with Crippen molar-refractivity contribution in [2.45, 2.75) is 20.3 Å². The lowest BCUT2D eigenvalue weighted by molar-refractivity contribution is -0.141. The van der Waals surface area contributed by atoms with Crippen LogP contribution in [0.4, 0.5) is 0 Å². The number of hydrogen-bond acceptors (Lipinski definition) is 5. The van der Waals surface area contributed by atoms with Gasteiger partial charge in [0.2, 0.25) is 0 Å². The molecule has 1 rings (SSSR count). The fraction of sp³-hybridized carbons (Fsp3) is 0.429. The van der Waals surface area contributed by atoms with Crippen molar-refractivity contribution in [1.29, 1.82) is 0 Å². The summed E-state index contributed by atoms with van der Waals surface area (Å²) in [5.74, 6) is 0.203. The van der Waals surface area contributed by atoms with Crippen LogP contribution in [0.5, 0.6) is 11.5 Å². The molecule has 0 heterocycles.